The minimum atomic E-state index is -0.777. The quantitative estimate of drug-likeness (QED) is 0.0261. The zero-order valence-electron chi connectivity index (χ0n) is 54.9. The molecule has 0 aliphatic heterocycles. The van der Waals surface area contributed by atoms with Crippen LogP contribution in [-0.4, -0.2) is 37.2 Å². The Balaban J connectivity index is 4.09. The van der Waals surface area contributed by atoms with E-state index in [1.165, 1.54) is 199 Å². The van der Waals surface area contributed by atoms with Gasteiger partial charge >= 0.3 is 17.9 Å². The Labute approximate surface area is 515 Å². The Morgan fingerprint density at radius 3 is 0.735 bits per heavy atom. The molecule has 478 valence electrons. The third-order valence-corrected chi connectivity index (χ3v) is 15.6. The second kappa shape index (κ2) is 70.8. The predicted octanol–water partition coefficient (Wildman–Crippen LogP) is 24.8. The summed E-state index contributed by atoms with van der Waals surface area (Å²) in [5.74, 6) is -0.874. The standard InChI is InChI=1S/C77H134O6/c1-4-7-10-13-16-18-20-22-24-26-28-30-32-34-35-36-37-38-39-40-41-43-44-46-48-50-52-54-56-58-61-64-67-70-76(79)82-73-74(72-81-75(78)69-66-63-60-15-12-9-6-3)83-77(80)71-68-65-62-59-57-55-53-51-49-47-45-42-33-31-29-27-25-23-21-19-17-14-11-8-5-2/h7,10,16,18,22,24,28,30,34-35,37-38,40-41,44,46,74H,4-6,8-9,11-15,17,19-21,23,25-27,29,31-33,36,39,42-43,45,47-73H2,1-3H3/b10-7-,18-16-,24-22-,30-28-,35-34-,38-37-,41-40-,46-44-. The van der Waals surface area contributed by atoms with E-state index in [2.05, 4.69) is 118 Å². The van der Waals surface area contributed by atoms with Gasteiger partial charge in [-0.05, 0) is 83.5 Å². The third kappa shape index (κ3) is 69.0. The zero-order valence-corrected chi connectivity index (χ0v) is 54.9. The first kappa shape index (κ1) is 79.3. The van der Waals surface area contributed by atoms with E-state index in [0.29, 0.717) is 19.3 Å². The van der Waals surface area contributed by atoms with E-state index < -0.39 is 6.10 Å². The van der Waals surface area contributed by atoms with Gasteiger partial charge in [-0.2, -0.15) is 0 Å². The summed E-state index contributed by atoms with van der Waals surface area (Å²) < 4.78 is 16.9. The fraction of sp³-hybridized carbons (Fsp3) is 0.753. The van der Waals surface area contributed by atoms with E-state index in [-0.39, 0.29) is 31.1 Å². The molecule has 0 aromatic carbocycles. The topological polar surface area (TPSA) is 78.9 Å². The number of esters is 3. The number of unbranched alkanes of at least 4 members (excludes halogenated alkanes) is 38. The van der Waals surface area contributed by atoms with Crippen molar-refractivity contribution in [3.8, 4) is 0 Å². The fourth-order valence-corrected chi connectivity index (χ4v) is 10.3. The Morgan fingerprint density at radius 1 is 0.253 bits per heavy atom. The van der Waals surface area contributed by atoms with E-state index in [4.69, 9.17) is 14.2 Å². The second-order valence-corrected chi connectivity index (χ2v) is 23.8. The number of hydrogen-bond donors (Lipinski definition) is 0. The van der Waals surface area contributed by atoms with Crippen molar-refractivity contribution in [2.24, 2.45) is 0 Å². The van der Waals surface area contributed by atoms with Gasteiger partial charge in [-0.15, -0.1) is 0 Å². The molecular weight excluding hydrogens is 1020 g/mol. The summed E-state index contributed by atoms with van der Waals surface area (Å²) in [4.78, 5) is 38.2. The van der Waals surface area contributed by atoms with Gasteiger partial charge in [-0.25, -0.2) is 0 Å². The highest BCUT2D eigenvalue weighted by Crippen LogP contribution is 2.18. The molecule has 6 heteroatoms. The molecule has 0 saturated heterocycles. The van der Waals surface area contributed by atoms with Crippen molar-refractivity contribution in [3.05, 3.63) is 97.2 Å². The van der Waals surface area contributed by atoms with Crippen molar-refractivity contribution in [1.82, 2.24) is 0 Å². The summed E-state index contributed by atoms with van der Waals surface area (Å²) in [6.07, 6.45) is 96.1. The molecule has 0 bridgehead atoms. The monoisotopic (exact) mass is 1160 g/mol. The molecular formula is C77H134O6. The van der Waals surface area contributed by atoms with E-state index in [9.17, 15) is 14.4 Å². The summed E-state index contributed by atoms with van der Waals surface area (Å²) in [7, 11) is 0. The van der Waals surface area contributed by atoms with Crippen LogP contribution in [0.25, 0.3) is 0 Å². The normalized spacial score (nSPS) is 12.7. The van der Waals surface area contributed by atoms with Gasteiger partial charge in [0, 0.05) is 19.3 Å². The van der Waals surface area contributed by atoms with Crippen LogP contribution in [0, 0.1) is 0 Å². The molecule has 0 spiro atoms. The molecule has 0 heterocycles. The predicted molar refractivity (Wildman–Crippen MR) is 362 cm³/mol. The molecule has 6 nitrogen and oxygen atoms in total. The lowest BCUT2D eigenvalue weighted by Gasteiger charge is -2.18. The molecule has 1 atom stereocenters. The highest BCUT2D eigenvalue weighted by atomic mass is 16.6. The number of rotatable bonds is 65. The lowest BCUT2D eigenvalue weighted by atomic mass is 10.0. The van der Waals surface area contributed by atoms with E-state index >= 15 is 0 Å². The number of carbonyl (C=O) groups is 3. The Morgan fingerprint density at radius 2 is 0.470 bits per heavy atom. The fourth-order valence-electron chi connectivity index (χ4n) is 10.3. The van der Waals surface area contributed by atoms with Crippen molar-refractivity contribution in [2.45, 2.75) is 361 Å². The van der Waals surface area contributed by atoms with Crippen molar-refractivity contribution >= 4 is 17.9 Å². The van der Waals surface area contributed by atoms with Gasteiger partial charge in [-0.3, -0.25) is 14.4 Å². The molecule has 0 rings (SSSR count). The van der Waals surface area contributed by atoms with Crippen LogP contribution in [0.2, 0.25) is 0 Å². The Hall–Kier alpha value is -3.67. The minimum Gasteiger partial charge on any atom is -0.462 e. The summed E-state index contributed by atoms with van der Waals surface area (Å²) in [5, 5.41) is 0. The summed E-state index contributed by atoms with van der Waals surface area (Å²) in [6, 6.07) is 0. The van der Waals surface area contributed by atoms with Crippen molar-refractivity contribution in [2.75, 3.05) is 13.2 Å². The van der Waals surface area contributed by atoms with Crippen molar-refractivity contribution in [1.29, 1.82) is 0 Å². The average Bonchev–Trinajstić information content (AvgIpc) is 3.50. The number of ether oxygens (including phenoxy) is 3. The first-order valence-corrected chi connectivity index (χ1v) is 35.7. The van der Waals surface area contributed by atoms with Crippen LogP contribution in [0.5, 0.6) is 0 Å². The summed E-state index contributed by atoms with van der Waals surface area (Å²) in [6.45, 7) is 6.52. The van der Waals surface area contributed by atoms with Gasteiger partial charge in [0.05, 0.1) is 0 Å². The summed E-state index contributed by atoms with van der Waals surface area (Å²) in [5.41, 5.74) is 0. The molecule has 0 aromatic heterocycles. The van der Waals surface area contributed by atoms with E-state index in [1.807, 2.05) is 0 Å². The highest BCUT2D eigenvalue weighted by Gasteiger charge is 2.19. The number of allylic oxidation sites excluding steroid dienone is 16. The van der Waals surface area contributed by atoms with Crippen LogP contribution < -0.4 is 0 Å². The largest absolute Gasteiger partial charge is 0.462 e. The molecule has 0 aliphatic rings. The first-order valence-electron chi connectivity index (χ1n) is 35.7. The van der Waals surface area contributed by atoms with Gasteiger partial charge in [0.1, 0.15) is 13.2 Å². The molecule has 0 N–H and O–H groups in total. The molecule has 0 amide bonds. The summed E-state index contributed by atoms with van der Waals surface area (Å²) >= 11 is 0. The van der Waals surface area contributed by atoms with Crippen LogP contribution in [0.3, 0.4) is 0 Å². The van der Waals surface area contributed by atoms with E-state index in [1.54, 1.807) is 0 Å². The van der Waals surface area contributed by atoms with Gasteiger partial charge in [0.15, 0.2) is 6.10 Å². The Bertz CT molecular complexity index is 1610. The molecule has 0 aliphatic carbocycles. The average molecular weight is 1160 g/mol. The molecule has 0 saturated carbocycles. The molecule has 1 unspecified atom stereocenters. The van der Waals surface area contributed by atoms with Gasteiger partial charge in [-0.1, -0.05) is 349 Å². The zero-order chi connectivity index (χ0) is 59.9. The minimum absolute atomic E-state index is 0.0756. The maximum Gasteiger partial charge on any atom is 0.306 e. The SMILES string of the molecule is CC/C=C\C/C=C\C/C=C\C/C=C\C/C=C\C/C=C\C/C=C\C/C=C\CCCCCCCCCCC(=O)OCC(COC(=O)CCCCCCCCC)OC(=O)CCCCCCCCCCCCCCCCCCCCCCCCCCC. The highest BCUT2D eigenvalue weighted by molar-refractivity contribution is 5.71. The molecule has 0 radical (unpaired) electrons. The Kier molecular flexibility index (Phi) is 67.7. The van der Waals surface area contributed by atoms with Gasteiger partial charge < -0.3 is 14.2 Å². The first-order chi connectivity index (χ1) is 41.0. The van der Waals surface area contributed by atoms with Crippen LogP contribution in [0.15, 0.2) is 97.2 Å². The van der Waals surface area contributed by atoms with Crippen LogP contribution in [-0.2, 0) is 28.6 Å². The molecule has 83 heavy (non-hydrogen) atoms. The van der Waals surface area contributed by atoms with Crippen LogP contribution in [0.4, 0.5) is 0 Å². The van der Waals surface area contributed by atoms with E-state index in [0.717, 1.165) is 116 Å². The van der Waals surface area contributed by atoms with Crippen LogP contribution >= 0.6 is 0 Å². The number of hydrogen-bond acceptors (Lipinski definition) is 6. The van der Waals surface area contributed by atoms with Crippen LogP contribution in [0.1, 0.15) is 355 Å². The lowest BCUT2D eigenvalue weighted by Crippen LogP contribution is -2.30. The number of carbonyl (C=O) groups excluding carboxylic acids is 3. The third-order valence-electron chi connectivity index (χ3n) is 15.6. The second-order valence-electron chi connectivity index (χ2n) is 23.8. The molecule has 0 aromatic rings. The van der Waals surface area contributed by atoms with Gasteiger partial charge in [0.2, 0.25) is 0 Å². The maximum atomic E-state index is 12.9. The van der Waals surface area contributed by atoms with Crippen molar-refractivity contribution < 1.29 is 28.6 Å². The molecule has 0 fully saturated rings. The van der Waals surface area contributed by atoms with Gasteiger partial charge in [0.25, 0.3) is 0 Å². The maximum absolute atomic E-state index is 12.9. The smallest absolute Gasteiger partial charge is 0.306 e. The van der Waals surface area contributed by atoms with Crippen molar-refractivity contribution in [3.63, 3.8) is 0 Å². The lowest BCUT2D eigenvalue weighted by molar-refractivity contribution is -0.167.